The number of halogens is 1. The summed E-state index contributed by atoms with van der Waals surface area (Å²) in [6.45, 7) is 5.30. The molecular formula is C13H21FN2O2S. The van der Waals surface area contributed by atoms with Crippen LogP contribution in [0.2, 0.25) is 0 Å². The Morgan fingerprint density at radius 1 is 1.42 bits per heavy atom. The van der Waals surface area contributed by atoms with Gasteiger partial charge in [-0.3, -0.25) is 0 Å². The van der Waals surface area contributed by atoms with Gasteiger partial charge in [-0.1, -0.05) is 13.3 Å². The summed E-state index contributed by atoms with van der Waals surface area (Å²) >= 11 is 0. The van der Waals surface area contributed by atoms with Crippen LogP contribution in [-0.2, 0) is 16.6 Å². The van der Waals surface area contributed by atoms with E-state index in [0.29, 0.717) is 0 Å². The zero-order valence-electron chi connectivity index (χ0n) is 11.5. The van der Waals surface area contributed by atoms with Crippen molar-refractivity contribution in [3.8, 4) is 0 Å². The number of benzene rings is 1. The van der Waals surface area contributed by atoms with Crippen LogP contribution in [0.4, 0.5) is 4.39 Å². The fourth-order valence-corrected chi connectivity index (χ4v) is 3.35. The third-order valence-electron chi connectivity index (χ3n) is 2.91. The van der Waals surface area contributed by atoms with Crippen LogP contribution in [0, 0.1) is 12.7 Å². The first-order valence-electron chi connectivity index (χ1n) is 6.33. The predicted molar refractivity (Wildman–Crippen MR) is 73.7 cm³/mol. The van der Waals surface area contributed by atoms with Gasteiger partial charge in [0.15, 0.2) is 0 Å². The Balaban J connectivity index is 3.11. The van der Waals surface area contributed by atoms with Crippen molar-refractivity contribution in [2.24, 2.45) is 5.73 Å². The van der Waals surface area contributed by atoms with Crippen LogP contribution in [-0.4, -0.2) is 14.5 Å². The molecule has 0 fully saturated rings. The fourth-order valence-electron chi connectivity index (χ4n) is 1.94. The standard InChI is InChI=1S/C13H21FN2O2S/c1-4-5-10(3)16-19(17,18)12-6-9(2)13(14)11(7-12)8-15/h6-7,10,16H,4-5,8,15H2,1-3H3. The number of rotatable bonds is 6. The zero-order chi connectivity index (χ0) is 14.6. The van der Waals surface area contributed by atoms with Crippen molar-refractivity contribution < 1.29 is 12.8 Å². The molecule has 0 radical (unpaired) electrons. The summed E-state index contributed by atoms with van der Waals surface area (Å²) in [5.41, 5.74) is 5.92. The molecule has 0 aliphatic heterocycles. The Bertz CT molecular complexity index is 544. The summed E-state index contributed by atoms with van der Waals surface area (Å²) in [6, 6.07) is 2.47. The van der Waals surface area contributed by atoms with Crippen molar-refractivity contribution >= 4 is 10.0 Å². The van der Waals surface area contributed by atoms with E-state index < -0.39 is 15.8 Å². The van der Waals surface area contributed by atoms with Crippen molar-refractivity contribution in [2.75, 3.05) is 0 Å². The van der Waals surface area contributed by atoms with Crippen molar-refractivity contribution in [2.45, 2.75) is 51.1 Å². The topological polar surface area (TPSA) is 72.2 Å². The molecule has 1 unspecified atom stereocenters. The number of hydrogen-bond acceptors (Lipinski definition) is 3. The van der Waals surface area contributed by atoms with Crippen LogP contribution in [0.25, 0.3) is 0 Å². The van der Waals surface area contributed by atoms with Gasteiger partial charge in [0.05, 0.1) is 4.90 Å². The summed E-state index contributed by atoms with van der Waals surface area (Å²) in [5.74, 6) is -0.442. The molecule has 0 aromatic heterocycles. The van der Waals surface area contributed by atoms with Crippen molar-refractivity contribution in [1.29, 1.82) is 0 Å². The third-order valence-corrected chi connectivity index (χ3v) is 4.48. The van der Waals surface area contributed by atoms with Gasteiger partial charge in [-0.25, -0.2) is 17.5 Å². The van der Waals surface area contributed by atoms with Gasteiger partial charge in [-0.2, -0.15) is 0 Å². The lowest BCUT2D eigenvalue weighted by atomic mass is 10.1. The number of sulfonamides is 1. The van der Waals surface area contributed by atoms with Crippen LogP contribution >= 0.6 is 0 Å². The number of hydrogen-bond donors (Lipinski definition) is 2. The quantitative estimate of drug-likeness (QED) is 0.841. The molecule has 1 rings (SSSR count). The maximum atomic E-state index is 13.7. The molecule has 1 atom stereocenters. The summed E-state index contributed by atoms with van der Waals surface area (Å²) in [4.78, 5) is 0.0646. The van der Waals surface area contributed by atoms with E-state index in [0.717, 1.165) is 12.8 Å². The Kier molecular flexibility index (Phi) is 5.46. The van der Waals surface area contributed by atoms with Gasteiger partial charge in [-0.05, 0) is 38.0 Å². The van der Waals surface area contributed by atoms with Crippen LogP contribution in [0.1, 0.15) is 37.8 Å². The molecule has 0 spiro atoms. The van der Waals surface area contributed by atoms with Crippen molar-refractivity contribution in [3.63, 3.8) is 0 Å². The van der Waals surface area contributed by atoms with E-state index in [4.69, 9.17) is 5.73 Å². The first kappa shape index (κ1) is 16.1. The first-order chi connectivity index (χ1) is 8.81. The SMILES string of the molecule is CCCC(C)NS(=O)(=O)c1cc(C)c(F)c(CN)c1. The van der Waals surface area contributed by atoms with E-state index in [1.165, 1.54) is 19.1 Å². The Morgan fingerprint density at radius 2 is 2.05 bits per heavy atom. The molecule has 1 aromatic carbocycles. The van der Waals surface area contributed by atoms with E-state index in [2.05, 4.69) is 4.72 Å². The van der Waals surface area contributed by atoms with Crippen molar-refractivity contribution in [3.05, 3.63) is 29.1 Å². The normalized spacial score (nSPS) is 13.5. The van der Waals surface area contributed by atoms with E-state index >= 15 is 0 Å². The van der Waals surface area contributed by atoms with Crippen LogP contribution in [0.3, 0.4) is 0 Å². The van der Waals surface area contributed by atoms with Gasteiger partial charge in [0.2, 0.25) is 10.0 Å². The second-order valence-electron chi connectivity index (χ2n) is 4.73. The second-order valence-corrected chi connectivity index (χ2v) is 6.44. The summed E-state index contributed by atoms with van der Waals surface area (Å²) in [6.07, 6.45) is 1.64. The van der Waals surface area contributed by atoms with E-state index in [-0.39, 0.29) is 28.6 Å². The van der Waals surface area contributed by atoms with Gasteiger partial charge < -0.3 is 5.73 Å². The fraction of sp³-hybridized carbons (Fsp3) is 0.538. The summed E-state index contributed by atoms with van der Waals surface area (Å²) in [5, 5.41) is 0. The number of aryl methyl sites for hydroxylation is 1. The highest BCUT2D eigenvalue weighted by Crippen LogP contribution is 2.19. The molecule has 3 N–H and O–H groups in total. The van der Waals surface area contributed by atoms with Gasteiger partial charge >= 0.3 is 0 Å². The van der Waals surface area contributed by atoms with Crippen LogP contribution in [0.5, 0.6) is 0 Å². The lowest BCUT2D eigenvalue weighted by Gasteiger charge is -2.15. The van der Waals surface area contributed by atoms with Crippen LogP contribution in [0.15, 0.2) is 17.0 Å². The highest BCUT2D eigenvalue weighted by atomic mass is 32.2. The van der Waals surface area contributed by atoms with E-state index in [1.807, 2.05) is 6.92 Å². The Labute approximate surface area is 114 Å². The van der Waals surface area contributed by atoms with E-state index in [9.17, 15) is 12.8 Å². The van der Waals surface area contributed by atoms with Crippen molar-refractivity contribution in [1.82, 2.24) is 4.72 Å². The summed E-state index contributed by atoms with van der Waals surface area (Å²) in [7, 11) is -3.63. The van der Waals surface area contributed by atoms with Gasteiger partial charge in [-0.15, -0.1) is 0 Å². The molecule has 6 heteroatoms. The molecule has 0 bridgehead atoms. The molecule has 108 valence electrons. The molecule has 0 saturated heterocycles. The molecule has 4 nitrogen and oxygen atoms in total. The average molecular weight is 288 g/mol. The predicted octanol–water partition coefficient (Wildman–Crippen LogP) is 2.06. The Morgan fingerprint density at radius 3 is 2.58 bits per heavy atom. The lowest BCUT2D eigenvalue weighted by molar-refractivity contribution is 0.543. The van der Waals surface area contributed by atoms with E-state index in [1.54, 1.807) is 6.92 Å². The molecule has 0 heterocycles. The Hall–Kier alpha value is -0.980. The molecule has 1 aromatic rings. The summed E-state index contributed by atoms with van der Waals surface area (Å²) < 4.78 is 40.6. The minimum absolute atomic E-state index is 0.0272. The monoisotopic (exact) mass is 288 g/mol. The highest BCUT2D eigenvalue weighted by molar-refractivity contribution is 7.89. The smallest absolute Gasteiger partial charge is 0.240 e. The van der Waals surface area contributed by atoms with Gasteiger partial charge in [0.25, 0.3) is 0 Å². The minimum Gasteiger partial charge on any atom is -0.326 e. The lowest BCUT2D eigenvalue weighted by Crippen LogP contribution is -2.32. The maximum Gasteiger partial charge on any atom is 0.240 e. The molecular weight excluding hydrogens is 267 g/mol. The maximum absolute atomic E-state index is 13.7. The van der Waals surface area contributed by atoms with Gasteiger partial charge in [0, 0.05) is 18.2 Å². The molecule has 0 aliphatic carbocycles. The largest absolute Gasteiger partial charge is 0.326 e. The average Bonchev–Trinajstić information content (AvgIpc) is 2.31. The van der Waals surface area contributed by atoms with Crippen LogP contribution < -0.4 is 10.5 Å². The molecule has 19 heavy (non-hydrogen) atoms. The van der Waals surface area contributed by atoms with Gasteiger partial charge in [0.1, 0.15) is 5.82 Å². The minimum atomic E-state index is -3.63. The highest BCUT2D eigenvalue weighted by Gasteiger charge is 2.19. The molecule has 0 amide bonds. The third kappa shape index (κ3) is 3.99. The number of nitrogens with one attached hydrogen (secondary N) is 1. The first-order valence-corrected chi connectivity index (χ1v) is 7.81. The zero-order valence-corrected chi connectivity index (χ0v) is 12.3. The second kappa shape index (κ2) is 6.45. The molecule has 0 aliphatic rings. The number of nitrogens with two attached hydrogens (primary N) is 1. The molecule has 0 saturated carbocycles.